The molecule has 2 aliphatic rings. The summed E-state index contributed by atoms with van der Waals surface area (Å²) >= 11 is 6.47. The van der Waals surface area contributed by atoms with E-state index in [1.165, 1.54) is 0 Å². The standard InChI is InChI=1S/C26H27ClN4O4/c1-26(2,3)35-25(33)31-11-9-30(10-12-31)24(32)21-14-16-13-17(27)15-20(22(16)34-21)18-6-8-29-23-19(18)5-4-7-28-23/h4-8,13,15,21H,9-12,14H2,1-3H3. The van der Waals surface area contributed by atoms with Gasteiger partial charge in [0, 0.05) is 66.5 Å². The number of hydrogen-bond donors (Lipinski definition) is 0. The topological polar surface area (TPSA) is 84.9 Å². The number of ether oxygens (including phenoxy) is 2. The maximum Gasteiger partial charge on any atom is 0.410 e. The third-order valence-electron chi connectivity index (χ3n) is 6.12. The van der Waals surface area contributed by atoms with Crippen molar-refractivity contribution in [3.8, 4) is 16.9 Å². The molecule has 0 aliphatic carbocycles. The van der Waals surface area contributed by atoms with E-state index in [0.29, 0.717) is 49.0 Å². The van der Waals surface area contributed by atoms with E-state index in [1.54, 1.807) is 22.2 Å². The van der Waals surface area contributed by atoms with Crippen LogP contribution in [-0.4, -0.2) is 69.7 Å². The minimum Gasteiger partial charge on any atom is -0.479 e. The van der Waals surface area contributed by atoms with E-state index >= 15 is 0 Å². The highest BCUT2D eigenvalue weighted by atomic mass is 35.5. The zero-order valence-corrected chi connectivity index (χ0v) is 20.7. The number of amides is 2. The van der Waals surface area contributed by atoms with Crippen LogP contribution in [0.15, 0.2) is 42.7 Å². The third kappa shape index (κ3) is 4.75. The maximum atomic E-state index is 13.3. The second-order valence-corrected chi connectivity index (χ2v) is 10.2. The van der Waals surface area contributed by atoms with E-state index in [2.05, 4.69) is 9.97 Å². The normalized spacial score (nSPS) is 17.8. The summed E-state index contributed by atoms with van der Waals surface area (Å²) in [5.74, 6) is 0.574. The molecule has 2 aliphatic heterocycles. The van der Waals surface area contributed by atoms with E-state index < -0.39 is 11.7 Å². The van der Waals surface area contributed by atoms with E-state index in [1.807, 2.05) is 51.1 Å². The number of pyridine rings is 2. The van der Waals surface area contributed by atoms with Crippen molar-refractivity contribution in [2.24, 2.45) is 0 Å². The van der Waals surface area contributed by atoms with Crippen LogP contribution >= 0.6 is 11.6 Å². The van der Waals surface area contributed by atoms with Gasteiger partial charge in [-0.25, -0.2) is 14.8 Å². The summed E-state index contributed by atoms with van der Waals surface area (Å²) in [5.41, 5.74) is 2.70. The second kappa shape index (κ2) is 9.00. The van der Waals surface area contributed by atoms with Crippen molar-refractivity contribution in [2.45, 2.75) is 38.9 Å². The first kappa shape index (κ1) is 23.4. The van der Waals surface area contributed by atoms with Gasteiger partial charge in [-0.05, 0) is 56.7 Å². The van der Waals surface area contributed by atoms with Gasteiger partial charge in [0.05, 0.1) is 0 Å². The summed E-state index contributed by atoms with van der Waals surface area (Å²) in [6, 6.07) is 9.44. The molecule has 8 nitrogen and oxygen atoms in total. The van der Waals surface area contributed by atoms with Crippen molar-refractivity contribution in [3.05, 3.63) is 53.3 Å². The lowest BCUT2D eigenvalue weighted by Crippen LogP contribution is -2.54. The predicted octanol–water partition coefficient (Wildman–Crippen LogP) is 4.33. The largest absolute Gasteiger partial charge is 0.479 e. The molecule has 2 amide bonds. The Bertz CT molecular complexity index is 1290. The number of hydrogen-bond acceptors (Lipinski definition) is 6. The zero-order chi connectivity index (χ0) is 24.7. The number of rotatable bonds is 2. The molecule has 4 heterocycles. The number of aromatic nitrogens is 2. The van der Waals surface area contributed by atoms with Gasteiger partial charge in [-0.15, -0.1) is 0 Å². The average molecular weight is 495 g/mol. The fraction of sp³-hybridized carbons (Fsp3) is 0.385. The number of fused-ring (bicyclic) bond motifs is 2. The van der Waals surface area contributed by atoms with E-state index in [9.17, 15) is 9.59 Å². The number of nitrogens with zero attached hydrogens (tertiary/aromatic N) is 4. The highest BCUT2D eigenvalue weighted by Gasteiger charge is 2.36. The van der Waals surface area contributed by atoms with Gasteiger partial charge < -0.3 is 19.3 Å². The first-order valence-corrected chi connectivity index (χ1v) is 12.0. The predicted molar refractivity (Wildman–Crippen MR) is 132 cm³/mol. The molecule has 0 saturated carbocycles. The molecule has 0 spiro atoms. The summed E-state index contributed by atoms with van der Waals surface area (Å²) in [4.78, 5) is 37.8. The summed E-state index contributed by atoms with van der Waals surface area (Å²) in [6.45, 7) is 7.23. The molecule has 0 bridgehead atoms. The molecule has 9 heteroatoms. The summed E-state index contributed by atoms with van der Waals surface area (Å²) in [6.07, 6.45) is 2.86. The third-order valence-corrected chi connectivity index (χ3v) is 6.34. The molecule has 5 rings (SSSR count). The van der Waals surface area contributed by atoms with Crippen molar-refractivity contribution < 1.29 is 19.1 Å². The Morgan fingerprint density at radius 3 is 2.49 bits per heavy atom. The molecular weight excluding hydrogens is 468 g/mol. The van der Waals surface area contributed by atoms with Gasteiger partial charge >= 0.3 is 6.09 Å². The van der Waals surface area contributed by atoms with Crippen molar-refractivity contribution >= 4 is 34.6 Å². The molecule has 1 fully saturated rings. The highest BCUT2D eigenvalue weighted by molar-refractivity contribution is 6.31. The number of halogens is 1. The van der Waals surface area contributed by atoms with Crippen LogP contribution in [0.5, 0.6) is 5.75 Å². The quantitative estimate of drug-likeness (QED) is 0.527. The Hall–Kier alpha value is -3.39. The fourth-order valence-electron chi connectivity index (χ4n) is 4.52. The number of carbonyl (C=O) groups excluding carboxylic acids is 2. The van der Waals surface area contributed by atoms with Gasteiger partial charge in [0.2, 0.25) is 0 Å². The molecular formula is C26H27ClN4O4. The average Bonchev–Trinajstić information content (AvgIpc) is 3.25. The Morgan fingerprint density at radius 1 is 1.03 bits per heavy atom. The number of benzene rings is 1. The van der Waals surface area contributed by atoms with Crippen LogP contribution in [0.1, 0.15) is 26.3 Å². The van der Waals surface area contributed by atoms with Crippen LogP contribution in [0.4, 0.5) is 4.79 Å². The summed E-state index contributed by atoms with van der Waals surface area (Å²) in [7, 11) is 0. The zero-order valence-electron chi connectivity index (χ0n) is 20.0. The minimum atomic E-state index is -0.637. The van der Waals surface area contributed by atoms with Crippen molar-refractivity contribution in [3.63, 3.8) is 0 Å². The van der Waals surface area contributed by atoms with Crippen LogP contribution in [0.25, 0.3) is 22.2 Å². The van der Waals surface area contributed by atoms with E-state index in [4.69, 9.17) is 21.1 Å². The lowest BCUT2D eigenvalue weighted by atomic mass is 9.98. The number of piperazine rings is 1. The van der Waals surface area contributed by atoms with Gasteiger partial charge in [0.25, 0.3) is 5.91 Å². The maximum absolute atomic E-state index is 13.3. The Labute approximate surface area is 208 Å². The monoisotopic (exact) mass is 494 g/mol. The van der Waals surface area contributed by atoms with Gasteiger partial charge in [-0.3, -0.25) is 4.79 Å². The smallest absolute Gasteiger partial charge is 0.410 e. The van der Waals surface area contributed by atoms with Crippen LogP contribution in [0.3, 0.4) is 0 Å². The van der Waals surface area contributed by atoms with Crippen LogP contribution in [-0.2, 0) is 16.0 Å². The van der Waals surface area contributed by atoms with Crippen molar-refractivity contribution in [1.82, 2.24) is 19.8 Å². The SMILES string of the molecule is CC(C)(C)OC(=O)N1CCN(C(=O)C2Cc3cc(Cl)cc(-c4ccnc5ncccc45)c3O2)CC1. The highest BCUT2D eigenvalue weighted by Crippen LogP contribution is 2.43. The molecule has 0 N–H and O–H groups in total. The Morgan fingerprint density at radius 2 is 1.74 bits per heavy atom. The molecule has 182 valence electrons. The fourth-order valence-corrected chi connectivity index (χ4v) is 4.76. The van der Waals surface area contributed by atoms with Crippen molar-refractivity contribution in [2.75, 3.05) is 26.2 Å². The molecule has 3 aromatic rings. The molecule has 0 radical (unpaired) electrons. The molecule has 1 aromatic carbocycles. The molecule has 35 heavy (non-hydrogen) atoms. The lowest BCUT2D eigenvalue weighted by Gasteiger charge is -2.36. The van der Waals surface area contributed by atoms with Gasteiger partial charge in [-0.1, -0.05) is 11.6 Å². The Balaban J connectivity index is 1.33. The van der Waals surface area contributed by atoms with Gasteiger partial charge in [0.15, 0.2) is 11.8 Å². The van der Waals surface area contributed by atoms with Crippen LogP contribution in [0.2, 0.25) is 5.02 Å². The lowest BCUT2D eigenvalue weighted by molar-refractivity contribution is -0.139. The van der Waals surface area contributed by atoms with Crippen molar-refractivity contribution in [1.29, 1.82) is 0 Å². The first-order chi connectivity index (χ1) is 16.7. The first-order valence-electron chi connectivity index (χ1n) is 11.7. The molecule has 2 aromatic heterocycles. The van der Waals surface area contributed by atoms with E-state index in [0.717, 1.165) is 22.1 Å². The number of carbonyl (C=O) groups is 2. The van der Waals surface area contributed by atoms with Crippen LogP contribution in [0, 0.1) is 0 Å². The molecule has 1 unspecified atom stereocenters. The van der Waals surface area contributed by atoms with E-state index in [-0.39, 0.29) is 12.0 Å². The minimum absolute atomic E-state index is 0.0895. The summed E-state index contributed by atoms with van der Waals surface area (Å²) < 4.78 is 11.7. The van der Waals surface area contributed by atoms with Gasteiger partial charge in [-0.2, -0.15) is 0 Å². The summed E-state index contributed by atoms with van der Waals surface area (Å²) in [5, 5.41) is 1.46. The Kier molecular flexibility index (Phi) is 6.01. The van der Waals surface area contributed by atoms with Gasteiger partial charge in [0.1, 0.15) is 11.4 Å². The molecule has 1 saturated heterocycles. The second-order valence-electron chi connectivity index (χ2n) is 9.78. The molecule has 1 atom stereocenters. The van der Waals surface area contributed by atoms with Crippen LogP contribution < -0.4 is 4.74 Å².